The van der Waals surface area contributed by atoms with Gasteiger partial charge in [0.15, 0.2) is 0 Å². The summed E-state index contributed by atoms with van der Waals surface area (Å²) < 4.78 is 5.69. The molecule has 0 saturated heterocycles. The Hall–Kier alpha value is -2.36. The Kier molecular flexibility index (Phi) is 4.58. The van der Waals surface area contributed by atoms with Gasteiger partial charge in [-0.25, -0.2) is 0 Å². The lowest BCUT2D eigenvalue weighted by atomic mass is 10.1. The molecule has 21 heavy (non-hydrogen) atoms. The lowest BCUT2D eigenvalue weighted by Gasteiger charge is -2.20. The number of nitrogens with one attached hydrogen (secondary N) is 1. The van der Waals surface area contributed by atoms with Crippen LogP contribution >= 0.6 is 0 Å². The fourth-order valence-corrected chi connectivity index (χ4v) is 1.77. The van der Waals surface area contributed by atoms with Crippen molar-refractivity contribution in [2.24, 2.45) is 0 Å². The van der Waals surface area contributed by atoms with E-state index in [1.54, 1.807) is 18.3 Å². The third kappa shape index (κ3) is 4.91. The molecule has 0 bridgehead atoms. The number of benzene rings is 1. The predicted octanol–water partition coefficient (Wildman–Crippen LogP) is 3.19. The van der Waals surface area contributed by atoms with Crippen molar-refractivity contribution < 1.29 is 9.53 Å². The molecule has 2 rings (SSSR count). The van der Waals surface area contributed by atoms with Crippen LogP contribution in [0.25, 0.3) is 0 Å². The van der Waals surface area contributed by atoms with Gasteiger partial charge in [0.2, 0.25) is 0 Å². The minimum atomic E-state index is -0.292. The quantitative estimate of drug-likeness (QED) is 0.938. The van der Waals surface area contributed by atoms with Gasteiger partial charge in [0.25, 0.3) is 5.91 Å². The molecule has 0 unspecified atom stereocenters. The van der Waals surface area contributed by atoms with Gasteiger partial charge in [0.05, 0.1) is 0 Å². The normalized spacial score (nSPS) is 11.0. The lowest BCUT2D eigenvalue weighted by Crippen LogP contribution is -2.40. The molecule has 0 saturated carbocycles. The van der Waals surface area contributed by atoms with Gasteiger partial charge in [-0.05, 0) is 32.4 Å². The molecule has 1 heterocycles. The highest BCUT2D eigenvalue weighted by Gasteiger charge is 2.16. The number of aromatic nitrogens is 1. The maximum atomic E-state index is 12.1. The average Bonchev–Trinajstić information content (AvgIpc) is 2.45. The summed E-state index contributed by atoms with van der Waals surface area (Å²) in [4.78, 5) is 16.1. The molecular formula is C17H20N2O2. The first kappa shape index (κ1) is 15.0. The number of carbonyl (C=O) groups excluding carboxylic acids is 1. The molecule has 0 fully saturated rings. The standard InChI is InChI=1S/C17H20N2O2/c1-17(2,3)19-16(20)15-11-14(9-10-18-15)21-12-13-7-5-4-6-8-13/h4-11H,12H2,1-3H3,(H,19,20). The summed E-state index contributed by atoms with van der Waals surface area (Å²) in [5.41, 5.74) is 1.14. The molecule has 0 atom stereocenters. The molecule has 1 amide bonds. The molecule has 0 aliphatic carbocycles. The van der Waals surface area contributed by atoms with Crippen molar-refractivity contribution in [1.82, 2.24) is 10.3 Å². The molecule has 0 radical (unpaired) electrons. The molecule has 1 N–H and O–H groups in total. The summed E-state index contributed by atoms with van der Waals surface area (Å²) in [5.74, 6) is 0.431. The number of hydrogen-bond donors (Lipinski definition) is 1. The molecule has 1 aromatic carbocycles. The highest BCUT2D eigenvalue weighted by molar-refractivity contribution is 5.93. The second-order valence-electron chi connectivity index (χ2n) is 5.86. The second kappa shape index (κ2) is 6.39. The average molecular weight is 284 g/mol. The van der Waals surface area contributed by atoms with Crippen LogP contribution in [0.4, 0.5) is 0 Å². The summed E-state index contributed by atoms with van der Waals surface area (Å²) in [6, 6.07) is 13.3. The van der Waals surface area contributed by atoms with Gasteiger partial charge in [-0.15, -0.1) is 0 Å². The number of amides is 1. The number of rotatable bonds is 4. The first-order valence-electron chi connectivity index (χ1n) is 6.89. The van der Waals surface area contributed by atoms with E-state index in [0.717, 1.165) is 5.56 Å². The van der Waals surface area contributed by atoms with E-state index < -0.39 is 0 Å². The number of pyridine rings is 1. The van der Waals surface area contributed by atoms with Crippen LogP contribution in [0.3, 0.4) is 0 Å². The maximum absolute atomic E-state index is 12.1. The molecule has 0 spiro atoms. The van der Waals surface area contributed by atoms with E-state index in [1.807, 2.05) is 51.1 Å². The largest absolute Gasteiger partial charge is 0.489 e. The zero-order chi connectivity index (χ0) is 15.3. The van der Waals surface area contributed by atoms with Crippen molar-refractivity contribution in [3.05, 3.63) is 59.9 Å². The SMILES string of the molecule is CC(C)(C)NC(=O)c1cc(OCc2ccccc2)ccn1. The monoisotopic (exact) mass is 284 g/mol. The summed E-state index contributed by atoms with van der Waals surface area (Å²) in [7, 11) is 0. The Morgan fingerprint density at radius 1 is 1.19 bits per heavy atom. The molecule has 4 nitrogen and oxygen atoms in total. The van der Waals surface area contributed by atoms with E-state index in [2.05, 4.69) is 10.3 Å². The fraction of sp³-hybridized carbons (Fsp3) is 0.294. The third-order valence-electron chi connectivity index (χ3n) is 2.70. The Morgan fingerprint density at radius 3 is 2.57 bits per heavy atom. The van der Waals surface area contributed by atoms with Crippen molar-refractivity contribution in [2.75, 3.05) is 0 Å². The van der Waals surface area contributed by atoms with Crippen molar-refractivity contribution in [1.29, 1.82) is 0 Å². The van der Waals surface area contributed by atoms with Gasteiger partial charge in [-0.1, -0.05) is 30.3 Å². The third-order valence-corrected chi connectivity index (χ3v) is 2.70. The molecule has 2 aromatic rings. The van der Waals surface area contributed by atoms with Gasteiger partial charge in [0.1, 0.15) is 18.1 Å². The summed E-state index contributed by atoms with van der Waals surface area (Å²) in [5, 5.41) is 2.88. The van der Waals surface area contributed by atoms with Crippen molar-refractivity contribution in [2.45, 2.75) is 32.9 Å². The van der Waals surface area contributed by atoms with Crippen LogP contribution in [0.15, 0.2) is 48.7 Å². The van der Waals surface area contributed by atoms with Crippen LogP contribution in [0.1, 0.15) is 36.8 Å². The number of ether oxygens (including phenoxy) is 1. The first-order chi connectivity index (χ1) is 9.94. The highest BCUT2D eigenvalue weighted by atomic mass is 16.5. The molecule has 4 heteroatoms. The highest BCUT2D eigenvalue weighted by Crippen LogP contribution is 2.14. The second-order valence-corrected chi connectivity index (χ2v) is 5.86. The van der Waals surface area contributed by atoms with Crippen LogP contribution in [0, 0.1) is 0 Å². The van der Waals surface area contributed by atoms with Crippen molar-refractivity contribution >= 4 is 5.91 Å². The zero-order valence-corrected chi connectivity index (χ0v) is 12.6. The molecule has 0 aliphatic heterocycles. The van der Waals surface area contributed by atoms with Crippen molar-refractivity contribution in [3.63, 3.8) is 0 Å². The number of hydrogen-bond acceptors (Lipinski definition) is 3. The van der Waals surface area contributed by atoms with E-state index in [-0.39, 0.29) is 11.4 Å². The minimum Gasteiger partial charge on any atom is -0.489 e. The van der Waals surface area contributed by atoms with Gasteiger partial charge >= 0.3 is 0 Å². The fourth-order valence-electron chi connectivity index (χ4n) is 1.77. The van der Waals surface area contributed by atoms with Gasteiger partial charge < -0.3 is 10.1 Å². The van der Waals surface area contributed by atoms with Gasteiger partial charge in [-0.3, -0.25) is 9.78 Å². The van der Waals surface area contributed by atoms with E-state index in [1.165, 1.54) is 0 Å². The van der Waals surface area contributed by atoms with Crippen LogP contribution in [0.2, 0.25) is 0 Å². The van der Waals surface area contributed by atoms with Gasteiger partial charge in [0, 0.05) is 17.8 Å². The van der Waals surface area contributed by atoms with Crippen LogP contribution in [-0.2, 0) is 6.61 Å². The summed E-state index contributed by atoms with van der Waals surface area (Å²) >= 11 is 0. The predicted molar refractivity (Wildman–Crippen MR) is 82.2 cm³/mol. The number of carbonyl (C=O) groups is 1. The van der Waals surface area contributed by atoms with E-state index in [0.29, 0.717) is 18.1 Å². The van der Waals surface area contributed by atoms with E-state index >= 15 is 0 Å². The van der Waals surface area contributed by atoms with Gasteiger partial charge in [-0.2, -0.15) is 0 Å². The molecule has 0 aliphatic rings. The van der Waals surface area contributed by atoms with Crippen LogP contribution < -0.4 is 10.1 Å². The Labute approximate surface area is 125 Å². The molecule has 1 aromatic heterocycles. The Balaban J connectivity index is 2.02. The topological polar surface area (TPSA) is 51.2 Å². The maximum Gasteiger partial charge on any atom is 0.270 e. The van der Waals surface area contributed by atoms with Crippen LogP contribution in [-0.4, -0.2) is 16.4 Å². The lowest BCUT2D eigenvalue weighted by molar-refractivity contribution is 0.0914. The number of nitrogens with zero attached hydrogens (tertiary/aromatic N) is 1. The van der Waals surface area contributed by atoms with E-state index in [4.69, 9.17) is 4.74 Å². The van der Waals surface area contributed by atoms with Crippen LogP contribution in [0.5, 0.6) is 5.75 Å². The summed E-state index contributed by atoms with van der Waals surface area (Å²) in [6.07, 6.45) is 1.58. The molecular weight excluding hydrogens is 264 g/mol. The Bertz CT molecular complexity index is 604. The summed E-state index contributed by atoms with van der Waals surface area (Å²) in [6.45, 7) is 6.26. The van der Waals surface area contributed by atoms with Crippen molar-refractivity contribution in [3.8, 4) is 5.75 Å². The molecule has 110 valence electrons. The smallest absolute Gasteiger partial charge is 0.270 e. The Morgan fingerprint density at radius 2 is 1.90 bits per heavy atom. The van der Waals surface area contributed by atoms with E-state index in [9.17, 15) is 4.79 Å². The minimum absolute atomic E-state index is 0.201. The first-order valence-corrected chi connectivity index (χ1v) is 6.89. The zero-order valence-electron chi connectivity index (χ0n) is 12.6.